The first-order valence-electron chi connectivity index (χ1n) is 6.98. The van der Waals surface area contributed by atoms with Gasteiger partial charge in [0.15, 0.2) is 0 Å². The number of hydrogen-bond acceptors (Lipinski definition) is 2. The van der Waals surface area contributed by atoms with Crippen LogP contribution in [0.4, 0.5) is 0 Å². The van der Waals surface area contributed by atoms with Crippen molar-refractivity contribution in [2.24, 2.45) is 0 Å². The van der Waals surface area contributed by atoms with E-state index in [0.717, 1.165) is 12.8 Å². The molecule has 1 N–H and O–H groups in total. The summed E-state index contributed by atoms with van der Waals surface area (Å²) in [6, 6.07) is 0. The van der Waals surface area contributed by atoms with Gasteiger partial charge in [0, 0.05) is 7.11 Å². The van der Waals surface area contributed by atoms with Crippen LogP contribution in [-0.4, -0.2) is 24.9 Å². The summed E-state index contributed by atoms with van der Waals surface area (Å²) in [5, 5.41) is 9.42. The Kier molecular flexibility index (Phi) is 12.9. The van der Waals surface area contributed by atoms with Gasteiger partial charge in [0.2, 0.25) is 0 Å². The molecule has 98 valence electrons. The summed E-state index contributed by atoms with van der Waals surface area (Å²) in [5.41, 5.74) is 0. The van der Waals surface area contributed by atoms with Crippen LogP contribution < -0.4 is 0 Å². The number of rotatable bonds is 12. The molecule has 16 heavy (non-hydrogen) atoms. The average Bonchev–Trinajstić information content (AvgIpc) is 2.27. The smallest absolute Gasteiger partial charge is 0.0773 e. The minimum atomic E-state index is -0.255. The van der Waals surface area contributed by atoms with E-state index in [2.05, 4.69) is 6.92 Å². The van der Waals surface area contributed by atoms with Gasteiger partial charge in [-0.1, -0.05) is 64.7 Å². The maximum absolute atomic E-state index is 9.42. The number of hydrogen-bond donors (Lipinski definition) is 1. The minimum Gasteiger partial charge on any atom is -0.391 e. The van der Waals surface area contributed by atoms with Crippen molar-refractivity contribution in [1.82, 2.24) is 0 Å². The fraction of sp³-hybridized carbons (Fsp3) is 1.00. The molecule has 0 fully saturated rings. The van der Waals surface area contributed by atoms with Crippen LogP contribution in [0.5, 0.6) is 0 Å². The van der Waals surface area contributed by atoms with E-state index in [1.165, 1.54) is 51.4 Å². The molecule has 0 rings (SSSR count). The van der Waals surface area contributed by atoms with Gasteiger partial charge in [-0.3, -0.25) is 0 Å². The first-order valence-corrected chi connectivity index (χ1v) is 6.98. The van der Waals surface area contributed by atoms with E-state index in [0.29, 0.717) is 6.61 Å². The summed E-state index contributed by atoms with van der Waals surface area (Å²) < 4.78 is 4.89. The highest BCUT2D eigenvalue weighted by atomic mass is 16.5. The monoisotopic (exact) mass is 230 g/mol. The number of aliphatic hydroxyl groups is 1. The maximum Gasteiger partial charge on any atom is 0.0773 e. The topological polar surface area (TPSA) is 29.5 Å². The van der Waals surface area contributed by atoms with Crippen LogP contribution in [0.3, 0.4) is 0 Å². The molecule has 0 radical (unpaired) electrons. The summed E-state index contributed by atoms with van der Waals surface area (Å²) in [7, 11) is 1.64. The van der Waals surface area contributed by atoms with Crippen molar-refractivity contribution in [3.8, 4) is 0 Å². The number of methoxy groups -OCH3 is 1. The molecule has 0 aromatic rings. The van der Waals surface area contributed by atoms with Crippen molar-refractivity contribution < 1.29 is 9.84 Å². The predicted molar refractivity (Wildman–Crippen MR) is 69.7 cm³/mol. The van der Waals surface area contributed by atoms with Gasteiger partial charge in [0.25, 0.3) is 0 Å². The van der Waals surface area contributed by atoms with E-state index >= 15 is 0 Å². The van der Waals surface area contributed by atoms with Crippen molar-refractivity contribution in [2.45, 2.75) is 77.2 Å². The van der Waals surface area contributed by atoms with Gasteiger partial charge in [-0.25, -0.2) is 0 Å². The molecule has 0 aromatic carbocycles. The first-order chi connectivity index (χ1) is 7.81. The quantitative estimate of drug-likeness (QED) is 0.515. The largest absolute Gasteiger partial charge is 0.391 e. The summed E-state index contributed by atoms with van der Waals surface area (Å²) in [4.78, 5) is 0. The fourth-order valence-electron chi connectivity index (χ4n) is 1.97. The summed E-state index contributed by atoms with van der Waals surface area (Å²) in [6.07, 6.45) is 12.6. The van der Waals surface area contributed by atoms with Crippen LogP contribution in [0.15, 0.2) is 0 Å². The SMILES string of the molecule is CCCCCCCCCCC[C@H](O)COC. The molecule has 0 bridgehead atoms. The van der Waals surface area contributed by atoms with E-state index in [-0.39, 0.29) is 6.10 Å². The Morgan fingerprint density at radius 3 is 1.88 bits per heavy atom. The third-order valence-electron chi connectivity index (χ3n) is 3.00. The molecular formula is C14H30O2. The highest BCUT2D eigenvalue weighted by molar-refractivity contribution is 4.54. The molecule has 0 spiro atoms. The van der Waals surface area contributed by atoms with Crippen molar-refractivity contribution in [3.05, 3.63) is 0 Å². The average molecular weight is 230 g/mol. The molecule has 0 aliphatic carbocycles. The van der Waals surface area contributed by atoms with Crippen molar-refractivity contribution in [2.75, 3.05) is 13.7 Å². The van der Waals surface area contributed by atoms with E-state index in [1.807, 2.05) is 0 Å². The van der Waals surface area contributed by atoms with Gasteiger partial charge in [-0.15, -0.1) is 0 Å². The Morgan fingerprint density at radius 1 is 0.875 bits per heavy atom. The first kappa shape index (κ1) is 15.9. The van der Waals surface area contributed by atoms with Gasteiger partial charge in [0.05, 0.1) is 12.7 Å². The molecule has 0 amide bonds. The maximum atomic E-state index is 9.42. The Hall–Kier alpha value is -0.0800. The molecule has 0 saturated carbocycles. The molecule has 0 unspecified atom stereocenters. The van der Waals surface area contributed by atoms with Gasteiger partial charge >= 0.3 is 0 Å². The highest BCUT2D eigenvalue weighted by Crippen LogP contribution is 2.11. The van der Waals surface area contributed by atoms with E-state index in [9.17, 15) is 5.11 Å². The molecule has 0 saturated heterocycles. The zero-order valence-corrected chi connectivity index (χ0v) is 11.2. The number of unbranched alkanes of at least 4 members (excludes halogenated alkanes) is 8. The Morgan fingerprint density at radius 2 is 1.38 bits per heavy atom. The van der Waals surface area contributed by atoms with Crippen LogP contribution in [0.25, 0.3) is 0 Å². The van der Waals surface area contributed by atoms with E-state index in [1.54, 1.807) is 7.11 Å². The lowest BCUT2D eigenvalue weighted by Gasteiger charge is -2.08. The fourth-order valence-corrected chi connectivity index (χ4v) is 1.97. The van der Waals surface area contributed by atoms with Crippen molar-refractivity contribution >= 4 is 0 Å². The highest BCUT2D eigenvalue weighted by Gasteiger charge is 2.01. The Labute approximate surface area is 101 Å². The minimum absolute atomic E-state index is 0.255. The second-order valence-corrected chi connectivity index (χ2v) is 4.73. The Bertz CT molecular complexity index is 126. The molecule has 0 heterocycles. The van der Waals surface area contributed by atoms with Gasteiger partial charge in [0.1, 0.15) is 0 Å². The zero-order valence-electron chi connectivity index (χ0n) is 11.2. The van der Waals surface area contributed by atoms with Crippen LogP contribution in [0.2, 0.25) is 0 Å². The second kappa shape index (κ2) is 13.0. The van der Waals surface area contributed by atoms with Crippen molar-refractivity contribution in [1.29, 1.82) is 0 Å². The molecule has 2 nitrogen and oxygen atoms in total. The van der Waals surface area contributed by atoms with Crippen LogP contribution in [-0.2, 0) is 4.74 Å². The number of aliphatic hydroxyl groups excluding tert-OH is 1. The third kappa shape index (κ3) is 12.0. The van der Waals surface area contributed by atoms with Gasteiger partial charge in [-0.2, -0.15) is 0 Å². The second-order valence-electron chi connectivity index (χ2n) is 4.73. The molecule has 0 aliphatic rings. The molecule has 0 aromatic heterocycles. The van der Waals surface area contributed by atoms with E-state index < -0.39 is 0 Å². The van der Waals surface area contributed by atoms with Crippen molar-refractivity contribution in [3.63, 3.8) is 0 Å². The van der Waals surface area contributed by atoms with Crippen LogP contribution >= 0.6 is 0 Å². The lowest BCUT2D eigenvalue weighted by atomic mass is 10.1. The standard InChI is InChI=1S/C14H30O2/c1-3-4-5-6-7-8-9-10-11-12-14(15)13-16-2/h14-15H,3-13H2,1-2H3/t14-/m0/s1. The van der Waals surface area contributed by atoms with Crippen LogP contribution in [0, 0.1) is 0 Å². The van der Waals surface area contributed by atoms with Gasteiger partial charge < -0.3 is 9.84 Å². The van der Waals surface area contributed by atoms with Gasteiger partial charge in [-0.05, 0) is 6.42 Å². The Balaban J connectivity index is 2.98. The molecular weight excluding hydrogens is 200 g/mol. The normalized spacial score (nSPS) is 12.9. The van der Waals surface area contributed by atoms with E-state index in [4.69, 9.17) is 4.74 Å². The molecule has 2 heteroatoms. The van der Waals surface area contributed by atoms with Crippen LogP contribution in [0.1, 0.15) is 71.1 Å². The number of ether oxygens (including phenoxy) is 1. The summed E-state index contributed by atoms with van der Waals surface area (Å²) in [5.74, 6) is 0. The lowest BCUT2D eigenvalue weighted by molar-refractivity contribution is 0.0576. The summed E-state index contributed by atoms with van der Waals surface area (Å²) in [6.45, 7) is 2.74. The third-order valence-corrected chi connectivity index (χ3v) is 3.00. The molecule has 1 atom stereocenters. The summed E-state index contributed by atoms with van der Waals surface area (Å²) >= 11 is 0. The lowest BCUT2D eigenvalue weighted by Crippen LogP contribution is -2.13. The zero-order chi connectivity index (χ0) is 12.1. The predicted octanol–water partition coefficient (Wildman–Crippen LogP) is 3.91. The molecule has 0 aliphatic heterocycles.